The number of hydrogen-bond donors (Lipinski definition) is 2. The van der Waals surface area contributed by atoms with Crippen LogP contribution in [0.1, 0.15) is 42.6 Å². The normalized spacial score (nSPS) is 14.8. The molecule has 0 aliphatic heterocycles. The number of carbonyl (C=O) groups is 1. The Morgan fingerprint density at radius 1 is 1.25 bits per heavy atom. The second-order valence-electron chi connectivity index (χ2n) is 6.16. The molecule has 0 heterocycles. The third-order valence-corrected chi connectivity index (χ3v) is 5.79. The highest BCUT2D eigenvalue weighted by molar-refractivity contribution is 7.89. The average molecular weight is 353 g/mol. The summed E-state index contributed by atoms with van der Waals surface area (Å²) in [5, 5.41) is 2.87. The van der Waals surface area contributed by atoms with E-state index in [1.165, 1.54) is 6.07 Å². The average Bonchev–Trinajstić information content (AvgIpc) is 3.34. The maximum Gasteiger partial charge on any atom is 0.251 e. The summed E-state index contributed by atoms with van der Waals surface area (Å²) in [7, 11) is -3.55. The maximum absolute atomic E-state index is 12.4. The molecule has 0 radical (unpaired) electrons. The van der Waals surface area contributed by atoms with Gasteiger partial charge in [-0.1, -0.05) is 19.9 Å². The highest BCUT2D eigenvalue weighted by Gasteiger charge is 2.28. The van der Waals surface area contributed by atoms with E-state index in [2.05, 4.69) is 28.8 Å². The zero-order valence-electron chi connectivity index (χ0n) is 14.6. The Balaban J connectivity index is 2.06. The quantitative estimate of drug-likeness (QED) is 0.705. The van der Waals surface area contributed by atoms with Crippen molar-refractivity contribution in [2.45, 2.75) is 44.6 Å². The van der Waals surface area contributed by atoms with Gasteiger partial charge in [-0.05, 0) is 50.6 Å². The molecule has 1 aromatic rings. The van der Waals surface area contributed by atoms with E-state index in [9.17, 15) is 13.2 Å². The van der Waals surface area contributed by atoms with E-state index in [-0.39, 0.29) is 16.8 Å². The second-order valence-corrected chi connectivity index (χ2v) is 7.87. The molecule has 0 bridgehead atoms. The maximum atomic E-state index is 12.4. The van der Waals surface area contributed by atoms with Crippen LogP contribution in [-0.2, 0) is 10.0 Å². The first-order chi connectivity index (χ1) is 11.4. The molecule has 2 rings (SSSR count). The van der Waals surface area contributed by atoms with E-state index in [1.807, 2.05) is 6.92 Å². The molecule has 24 heavy (non-hydrogen) atoms. The summed E-state index contributed by atoms with van der Waals surface area (Å²) < 4.78 is 27.2. The molecule has 0 spiro atoms. The molecule has 1 amide bonds. The Hall–Kier alpha value is -1.44. The molecular formula is C17H27N3O3S. The fourth-order valence-electron chi connectivity index (χ4n) is 2.46. The fraction of sp³-hybridized carbons (Fsp3) is 0.588. The van der Waals surface area contributed by atoms with E-state index in [0.717, 1.165) is 38.0 Å². The van der Waals surface area contributed by atoms with Crippen molar-refractivity contribution >= 4 is 15.9 Å². The van der Waals surface area contributed by atoms with Gasteiger partial charge in [0.1, 0.15) is 0 Å². The van der Waals surface area contributed by atoms with Crippen molar-refractivity contribution < 1.29 is 13.2 Å². The zero-order chi connectivity index (χ0) is 17.7. The minimum Gasteiger partial charge on any atom is -0.351 e. The first-order valence-electron chi connectivity index (χ1n) is 8.51. The zero-order valence-corrected chi connectivity index (χ0v) is 15.4. The number of hydrogen-bond acceptors (Lipinski definition) is 4. The molecule has 6 nitrogen and oxygen atoms in total. The molecule has 1 aliphatic rings. The standard InChI is InChI=1S/C17H27N3O3S/c1-4-20(5-2)11-10-18-17(21)16-12-15(9-6-13(16)3)24(22,23)19-14-7-8-14/h6,9,12,14,19H,4-5,7-8,10-11H2,1-3H3,(H,18,21). The predicted octanol–water partition coefficient (Wildman–Crippen LogP) is 1.51. The van der Waals surface area contributed by atoms with E-state index < -0.39 is 10.0 Å². The van der Waals surface area contributed by atoms with Gasteiger partial charge in [0.15, 0.2) is 0 Å². The highest BCUT2D eigenvalue weighted by Crippen LogP contribution is 2.23. The van der Waals surface area contributed by atoms with Crippen molar-refractivity contribution in [1.82, 2.24) is 14.9 Å². The van der Waals surface area contributed by atoms with E-state index in [1.54, 1.807) is 12.1 Å². The van der Waals surface area contributed by atoms with Crippen LogP contribution in [0.5, 0.6) is 0 Å². The van der Waals surface area contributed by atoms with Crippen molar-refractivity contribution in [3.05, 3.63) is 29.3 Å². The molecule has 0 unspecified atom stereocenters. The van der Waals surface area contributed by atoms with Gasteiger partial charge in [-0.3, -0.25) is 4.79 Å². The van der Waals surface area contributed by atoms with Crippen molar-refractivity contribution in [3.8, 4) is 0 Å². The Kier molecular flexibility index (Phi) is 6.37. The molecule has 1 aromatic carbocycles. The van der Waals surface area contributed by atoms with Gasteiger partial charge >= 0.3 is 0 Å². The predicted molar refractivity (Wildman–Crippen MR) is 94.6 cm³/mol. The highest BCUT2D eigenvalue weighted by atomic mass is 32.2. The van der Waals surface area contributed by atoms with Gasteiger partial charge in [0.2, 0.25) is 10.0 Å². The molecule has 1 fully saturated rings. The van der Waals surface area contributed by atoms with Crippen molar-refractivity contribution in [2.24, 2.45) is 0 Å². The minimum absolute atomic E-state index is 0.0441. The van der Waals surface area contributed by atoms with Crippen molar-refractivity contribution in [1.29, 1.82) is 0 Å². The first-order valence-corrected chi connectivity index (χ1v) is 9.99. The molecule has 134 valence electrons. The van der Waals surface area contributed by atoms with Crippen molar-refractivity contribution in [2.75, 3.05) is 26.2 Å². The fourth-order valence-corrected chi connectivity index (χ4v) is 3.79. The molecule has 2 N–H and O–H groups in total. The number of rotatable bonds is 9. The van der Waals surface area contributed by atoms with Crippen LogP contribution >= 0.6 is 0 Å². The Morgan fingerprint density at radius 2 is 1.92 bits per heavy atom. The number of amides is 1. The minimum atomic E-state index is -3.55. The summed E-state index contributed by atoms with van der Waals surface area (Å²) in [4.78, 5) is 14.8. The summed E-state index contributed by atoms with van der Waals surface area (Å²) in [5.41, 5.74) is 1.17. The Bertz CT molecular complexity index is 680. The number of sulfonamides is 1. The van der Waals surface area contributed by atoms with Gasteiger partial charge in [-0.15, -0.1) is 0 Å². The van der Waals surface area contributed by atoms with Crippen LogP contribution in [0.25, 0.3) is 0 Å². The van der Waals surface area contributed by atoms with Gasteiger partial charge in [-0.25, -0.2) is 13.1 Å². The van der Waals surface area contributed by atoms with Crippen LogP contribution in [0.3, 0.4) is 0 Å². The SMILES string of the molecule is CCN(CC)CCNC(=O)c1cc(S(=O)(=O)NC2CC2)ccc1C. The molecule has 1 saturated carbocycles. The number of aryl methyl sites for hydroxylation is 1. The van der Waals surface area contributed by atoms with Crippen molar-refractivity contribution in [3.63, 3.8) is 0 Å². The second kappa shape index (κ2) is 8.09. The summed E-state index contributed by atoms with van der Waals surface area (Å²) in [6, 6.07) is 4.74. The van der Waals surface area contributed by atoms with Crippen LogP contribution in [-0.4, -0.2) is 51.4 Å². The van der Waals surface area contributed by atoms with E-state index in [4.69, 9.17) is 0 Å². The smallest absolute Gasteiger partial charge is 0.251 e. The summed E-state index contributed by atoms with van der Waals surface area (Å²) in [6.07, 6.45) is 1.76. The van der Waals surface area contributed by atoms with Crippen LogP contribution in [0.4, 0.5) is 0 Å². The Labute approximate surface area is 144 Å². The number of nitrogens with zero attached hydrogens (tertiary/aromatic N) is 1. The molecule has 0 aromatic heterocycles. The summed E-state index contributed by atoms with van der Waals surface area (Å²) >= 11 is 0. The van der Waals surface area contributed by atoms with Gasteiger partial charge in [-0.2, -0.15) is 0 Å². The topological polar surface area (TPSA) is 78.5 Å². The number of likely N-dealkylation sites (N-methyl/N-ethyl adjacent to an activating group) is 1. The summed E-state index contributed by atoms with van der Waals surface area (Å²) in [5.74, 6) is -0.233. The lowest BCUT2D eigenvalue weighted by Gasteiger charge is -2.18. The third-order valence-electron chi connectivity index (χ3n) is 4.27. The van der Waals surface area contributed by atoms with Crippen LogP contribution in [0.2, 0.25) is 0 Å². The van der Waals surface area contributed by atoms with E-state index in [0.29, 0.717) is 12.1 Å². The molecule has 7 heteroatoms. The third kappa shape index (κ3) is 5.03. The first kappa shape index (κ1) is 18.9. The number of carbonyl (C=O) groups excluding carboxylic acids is 1. The largest absolute Gasteiger partial charge is 0.351 e. The van der Waals surface area contributed by atoms with Crippen LogP contribution < -0.4 is 10.0 Å². The summed E-state index contributed by atoms with van der Waals surface area (Å²) in [6.45, 7) is 9.16. The molecule has 1 aliphatic carbocycles. The van der Waals surface area contributed by atoms with Gasteiger partial charge in [0.25, 0.3) is 5.91 Å². The lowest BCUT2D eigenvalue weighted by molar-refractivity contribution is 0.0948. The monoisotopic (exact) mass is 353 g/mol. The van der Waals surface area contributed by atoms with Crippen LogP contribution in [0, 0.1) is 6.92 Å². The van der Waals surface area contributed by atoms with E-state index >= 15 is 0 Å². The van der Waals surface area contributed by atoms with Gasteiger partial charge in [0.05, 0.1) is 4.90 Å². The lowest BCUT2D eigenvalue weighted by atomic mass is 10.1. The molecular weight excluding hydrogens is 326 g/mol. The van der Waals surface area contributed by atoms with Gasteiger partial charge < -0.3 is 10.2 Å². The molecule has 0 saturated heterocycles. The number of benzene rings is 1. The number of nitrogens with one attached hydrogen (secondary N) is 2. The van der Waals surface area contributed by atoms with Crippen LogP contribution in [0.15, 0.2) is 23.1 Å². The molecule has 0 atom stereocenters. The van der Waals surface area contributed by atoms with Gasteiger partial charge in [0, 0.05) is 24.7 Å². The lowest BCUT2D eigenvalue weighted by Crippen LogP contribution is -2.35. The Morgan fingerprint density at radius 3 is 2.50 bits per heavy atom.